The molecule has 1 aliphatic heterocycles. The summed E-state index contributed by atoms with van der Waals surface area (Å²) >= 11 is 16.5. The van der Waals surface area contributed by atoms with E-state index < -0.39 is 5.97 Å². The van der Waals surface area contributed by atoms with Crippen LogP contribution in [0.15, 0.2) is 34.5 Å². The molecule has 1 aromatic carbocycles. The van der Waals surface area contributed by atoms with Gasteiger partial charge in [0.25, 0.3) is 5.91 Å². The molecule has 1 amide bonds. The molecule has 0 fully saturated rings. The van der Waals surface area contributed by atoms with E-state index in [0.717, 1.165) is 0 Å². The van der Waals surface area contributed by atoms with E-state index in [1.807, 2.05) is 6.92 Å². The third-order valence-corrected chi connectivity index (χ3v) is 4.60. The monoisotopic (exact) mass is 398 g/mol. The Balaban J connectivity index is 2.34. The Morgan fingerprint density at radius 2 is 2.12 bits per heavy atom. The summed E-state index contributed by atoms with van der Waals surface area (Å²) in [7, 11) is 0. The lowest BCUT2D eigenvalue weighted by Crippen LogP contribution is -2.42. The lowest BCUT2D eigenvalue weighted by Gasteiger charge is -2.32. The number of thiocarbonyl (C=S) groups is 1. The van der Waals surface area contributed by atoms with Gasteiger partial charge in [0, 0.05) is 18.0 Å². The summed E-state index contributed by atoms with van der Waals surface area (Å²) in [5.41, 5.74) is 1.23. The summed E-state index contributed by atoms with van der Waals surface area (Å²) in [5.74, 6) is -0.923. The highest BCUT2D eigenvalue weighted by Crippen LogP contribution is 2.28. The van der Waals surface area contributed by atoms with Gasteiger partial charge in [0.15, 0.2) is 0 Å². The molecular formula is C17H16Cl2N2O3S. The van der Waals surface area contributed by atoms with Crippen molar-refractivity contribution in [2.75, 3.05) is 19.7 Å². The molecule has 1 heterocycles. The number of esters is 1. The Bertz CT molecular complexity index is 788. The highest BCUT2D eigenvalue weighted by atomic mass is 35.5. The number of aliphatic imine (C=N–C) groups is 1. The molecule has 1 unspecified atom stereocenters. The Morgan fingerprint density at radius 3 is 2.72 bits per heavy atom. The van der Waals surface area contributed by atoms with Crippen LogP contribution in [-0.2, 0) is 9.53 Å². The second-order valence-electron chi connectivity index (χ2n) is 5.50. The first-order valence-electron chi connectivity index (χ1n) is 7.61. The van der Waals surface area contributed by atoms with Crippen molar-refractivity contribution in [3.8, 4) is 0 Å². The van der Waals surface area contributed by atoms with Crippen molar-refractivity contribution in [3.63, 3.8) is 0 Å². The zero-order valence-corrected chi connectivity index (χ0v) is 16.0. The van der Waals surface area contributed by atoms with Crippen LogP contribution in [0, 0.1) is 5.92 Å². The van der Waals surface area contributed by atoms with E-state index in [9.17, 15) is 9.59 Å². The smallest absolute Gasteiger partial charge is 0.336 e. The number of ether oxygens (including phenoxy) is 1. The van der Waals surface area contributed by atoms with Crippen LogP contribution in [0.2, 0.25) is 10.0 Å². The van der Waals surface area contributed by atoms with E-state index >= 15 is 0 Å². The van der Waals surface area contributed by atoms with E-state index in [0.29, 0.717) is 33.4 Å². The minimum absolute atomic E-state index is 0.140. The molecule has 0 aromatic heterocycles. The highest BCUT2D eigenvalue weighted by molar-refractivity contribution is 7.78. The molecule has 25 heavy (non-hydrogen) atoms. The fraction of sp³-hybridized carbons (Fsp3) is 0.353. The average Bonchev–Trinajstić information content (AvgIpc) is 2.56. The molecule has 0 radical (unpaired) electrons. The zero-order valence-electron chi connectivity index (χ0n) is 13.7. The summed E-state index contributed by atoms with van der Waals surface area (Å²) in [4.78, 5) is 30.5. The van der Waals surface area contributed by atoms with E-state index in [2.05, 4.69) is 22.4 Å². The summed E-state index contributed by atoms with van der Waals surface area (Å²) in [6, 6.07) is 4.69. The van der Waals surface area contributed by atoms with Crippen LogP contribution in [0.4, 0.5) is 0 Å². The summed E-state index contributed by atoms with van der Waals surface area (Å²) in [5, 5.41) is 2.95. The van der Waals surface area contributed by atoms with Crippen LogP contribution < -0.4 is 0 Å². The molecule has 1 aromatic rings. The molecular weight excluding hydrogens is 383 g/mol. The first-order valence-corrected chi connectivity index (χ1v) is 8.77. The minimum atomic E-state index is -0.444. The van der Waals surface area contributed by atoms with Crippen molar-refractivity contribution in [1.29, 1.82) is 0 Å². The Kier molecular flexibility index (Phi) is 6.73. The summed E-state index contributed by atoms with van der Waals surface area (Å²) < 4.78 is 5.08. The molecule has 0 aliphatic carbocycles. The second kappa shape index (κ2) is 8.59. The largest absolute Gasteiger partial charge is 0.463 e. The standard InChI is InChI=1S/C17H16Cl2N2O3S/c1-3-24-17(23)15-10(2)7-21(8-14(15)20-9-25)16(22)11-4-5-12(18)13(19)6-11/h4-6,10H,3,7-8H2,1-2H3. The van der Waals surface area contributed by atoms with E-state index in [1.54, 1.807) is 24.0 Å². The number of isothiocyanates is 1. The van der Waals surface area contributed by atoms with Gasteiger partial charge in [-0.2, -0.15) is 4.99 Å². The summed E-state index contributed by atoms with van der Waals surface area (Å²) in [6.07, 6.45) is 0. The van der Waals surface area contributed by atoms with E-state index in [4.69, 9.17) is 27.9 Å². The Morgan fingerprint density at radius 1 is 1.40 bits per heavy atom. The minimum Gasteiger partial charge on any atom is -0.463 e. The fourth-order valence-corrected chi connectivity index (χ4v) is 3.09. The van der Waals surface area contributed by atoms with Gasteiger partial charge in [-0.25, -0.2) is 4.79 Å². The number of nitrogens with zero attached hydrogens (tertiary/aromatic N) is 2. The van der Waals surface area contributed by atoms with E-state index in [1.165, 1.54) is 6.07 Å². The first kappa shape index (κ1) is 19.6. The molecule has 1 aliphatic rings. The van der Waals surface area contributed by atoms with Gasteiger partial charge in [0.05, 0.1) is 39.6 Å². The van der Waals surface area contributed by atoms with Gasteiger partial charge in [-0.1, -0.05) is 30.1 Å². The second-order valence-corrected chi connectivity index (χ2v) is 6.50. The molecule has 0 N–H and O–H groups in total. The number of carbonyl (C=O) groups is 2. The predicted octanol–water partition coefficient (Wildman–Crippen LogP) is 4.01. The predicted molar refractivity (Wildman–Crippen MR) is 100 cm³/mol. The maximum atomic E-state index is 12.8. The van der Waals surface area contributed by atoms with Crippen molar-refractivity contribution in [3.05, 3.63) is 45.1 Å². The number of hydrogen-bond donors (Lipinski definition) is 0. The highest BCUT2D eigenvalue weighted by Gasteiger charge is 2.33. The van der Waals surface area contributed by atoms with E-state index in [-0.39, 0.29) is 25.0 Å². The molecule has 5 nitrogen and oxygen atoms in total. The number of hydrogen-bond acceptors (Lipinski definition) is 5. The maximum Gasteiger partial charge on any atom is 0.336 e. The lowest BCUT2D eigenvalue weighted by atomic mass is 9.94. The Labute approximate surface area is 161 Å². The number of halogens is 2. The van der Waals surface area contributed by atoms with Gasteiger partial charge in [0.1, 0.15) is 0 Å². The van der Waals surface area contributed by atoms with Crippen LogP contribution >= 0.6 is 35.4 Å². The quantitative estimate of drug-likeness (QED) is 0.436. The lowest BCUT2D eigenvalue weighted by molar-refractivity contribution is -0.139. The Hall–Kier alpha value is -1.72. The van der Waals surface area contributed by atoms with Crippen LogP contribution in [0.3, 0.4) is 0 Å². The zero-order chi connectivity index (χ0) is 18.6. The molecule has 0 bridgehead atoms. The van der Waals surface area contributed by atoms with Gasteiger partial charge in [0.2, 0.25) is 0 Å². The molecule has 2 rings (SSSR count). The number of benzene rings is 1. The number of carbonyl (C=O) groups excluding carboxylic acids is 2. The van der Waals surface area contributed by atoms with Crippen LogP contribution in [-0.4, -0.2) is 41.6 Å². The first-order chi connectivity index (χ1) is 11.9. The topological polar surface area (TPSA) is 59.0 Å². The van der Waals surface area contributed by atoms with Crippen molar-refractivity contribution in [1.82, 2.24) is 4.90 Å². The maximum absolute atomic E-state index is 12.8. The fourth-order valence-electron chi connectivity index (χ4n) is 2.68. The number of amides is 1. The average molecular weight is 399 g/mol. The number of rotatable bonds is 4. The van der Waals surface area contributed by atoms with Crippen molar-refractivity contribution in [2.45, 2.75) is 13.8 Å². The molecule has 0 saturated heterocycles. The van der Waals surface area contributed by atoms with Gasteiger partial charge in [-0.05, 0) is 37.3 Å². The molecule has 0 saturated carbocycles. The SMILES string of the molecule is CCOC(=O)C1=C(N=C=S)CN(C(=O)c2ccc(Cl)c(Cl)c2)CC1C. The van der Waals surface area contributed by atoms with Crippen LogP contribution in [0.25, 0.3) is 0 Å². The molecule has 132 valence electrons. The molecule has 0 spiro atoms. The third-order valence-electron chi connectivity index (χ3n) is 3.77. The van der Waals surface area contributed by atoms with Crippen LogP contribution in [0.5, 0.6) is 0 Å². The normalized spacial score (nSPS) is 17.1. The van der Waals surface area contributed by atoms with Crippen molar-refractivity contribution >= 4 is 52.5 Å². The van der Waals surface area contributed by atoms with Crippen molar-refractivity contribution in [2.24, 2.45) is 10.9 Å². The third kappa shape index (κ3) is 4.47. The van der Waals surface area contributed by atoms with Crippen molar-refractivity contribution < 1.29 is 14.3 Å². The van der Waals surface area contributed by atoms with Crippen LogP contribution in [0.1, 0.15) is 24.2 Å². The van der Waals surface area contributed by atoms with Gasteiger partial charge >= 0.3 is 5.97 Å². The van der Waals surface area contributed by atoms with Gasteiger partial charge < -0.3 is 9.64 Å². The molecule has 1 atom stereocenters. The molecule has 8 heteroatoms. The van der Waals surface area contributed by atoms with Gasteiger partial charge in [-0.3, -0.25) is 4.79 Å². The van der Waals surface area contributed by atoms with Gasteiger partial charge in [-0.15, -0.1) is 0 Å². The summed E-state index contributed by atoms with van der Waals surface area (Å²) in [6.45, 7) is 4.31.